The lowest BCUT2D eigenvalue weighted by Gasteiger charge is -1.92. The van der Waals surface area contributed by atoms with Crippen molar-refractivity contribution >= 4 is 5.91 Å². The number of hydrogen-bond donors (Lipinski definition) is 1. The molecule has 0 radical (unpaired) electrons. The standard InChI is InChI=1S/C9H15N3O/c1-2-3-4-11-5-6-12(8-11)7-9(10)13/h5-6,8H,2-4,7H2,1H3,(H-,10,13)/p+1. The molecular formula is C9H16N3O+. The molecule has 0 fully saturated rings. The zero-order valence-corrected chi connectivity index (χ0v) is 7.94. The first kappa shape index (κ1) is 9.77. The molecule has 0 saturated heterocycles. The molecule has 0 aliphatic carbocycles. The third-order valence-electron chi connectivity index (χ3n) is 1.85. The van der Waals surface area contributed by atoms with Gasteiger partial charge in [0.2, 0.25) is 6.33 Å². The molecule has 0 spiro atoms. The van der Waals surface area contributed by atoms with E-state index >= 15 is 0 Å². The minimum Gasteiger partial charge on any atom is -0.366 e. The first-order valence-corrected chi connectivity index (χ1v) is 4.55. The predicted octanol–water partition coefficient (Wildman–Crippen LogP) is 0.0610. The zero-order chi connectivity index (χ0) is 9.68. The zero-order valence-electron chi connectivity index (χ0n) is 7.94. The summed E-state index contributed by atoms with van der Waals surface area (Å²) in [4.78, 5) is 10.6. The second-order valence-electron chi connectivity index (χ2n) is 3.14. The van der Waals surface area contributed by atoms with E-state index in [1.165, 1.54) is 6.42 Å². The van der Waals surface area contributed by atoms with Gasteiger partial charge in [0.05, 0.1) is 6.54 Å². The Hall–Kier alpha value is -1.32. The summed E-state index contributed by atoms with van der Waals surface area (Å²) in [6.45, 7) is 3.42. The number of carbonyl (C=O) groups excluding carboxylic acids is 1. The number of carbonyl (C=O) groups is 1. The summed E-state index contributed by atoms with van der Waals surface area (Å²) in [5.41, 5.74) is 5.06. The number of amides is 1. The highest BCUT2D eigenvalue weighted by molar-refractivity contribution is 5.72. The molecule has 1 rings (SSSR count). The molecule has 0 aromatic carbocycles. The van der Waals surface area contributed by atoms with Crippen LogP contribution in [0.3, 0.4) is 0 Å². The molecule has 0 bridgehead atoms. The van der Waals surface area contributed by atoms with Crippen molar-refractivity contribution in [3.05, 3.63) is 18.7 Å². The maximum absolute atomic E-state index is 10.6. The van der Waals surface area contributed by atoms with Gasteiger partial charge in [-0.05, 0) is 6.42 Å². The topological polar surface area (TPSA) is 51.9 Å². The highest BCUT2D eigenvalue weighted by atomic mass is 16.1. The van der Waals surface area contributed by atoms with E-state index in [-0.39, 0.29) is 12.5 Å². The van der Waals surface area contributed by atoms with Gasteiger partial charge >= 0.3 is 0 Å². The number of imidazole rings is 1. The maximum Gasteiger partial charge on any atom is 0.259 e. The molecule has 0 aliphatic heterocycles. The summed E-state index contributed by atoms with van der Waals surface area (Å²) in [6, 6.07) is 0. The average molecular weight is 182 g/mol. The van der Waals surface area contributed by atoms with Crippen LogP contribution >= 0.6 is 0 Å². The van der Waals surface area contributed by atoms with Crippen LogP contribution < -0.4 is 10.3 Å². The van der Waals surface area contributed by atoms with Gasteiger partial charge in [-0.25, -0.2) is 9.13 Å². The van der Waals surface area contributed by atoms with Crippen molar-refractivity contribution in [2.24, 2.45) is 5.73 Å². The molecule has 72 valence electrons. The lowest BCUT2D eigenvalue weighted by molar-refractivity contribution is -0.683. The number of primary amides is 1. The van der Waals surface area contributed by atoms with Gasteiger partial charge in [-0.2, -0.15) is 0 Å². The van der Waals surface area contributed by atoms with Crippen molar-refractivity contribution in [2.75, 3.05) is 0 Å². The summed E-state index contributed by atoms with van der Waals surface area (Å²) in [5.74, 6) is -0.307. The van der Waals surface area contributed by atoms with Gasteiger partial charge < -0.3 is 5.73 Å². The number of rotatable bonds is 5. The molecule has 4 heteroatoms. The monoisotopic (exact) mass is 182 g/mol. The van der Waals surface area contributed by atoms with E-state index in [0.717, 1.165) is 13.0 Å². The van der Waals surface area contributed by atoms with Crippen LogP contribution in [-0.4, -0.2) is 10.5 Å². The van der Waals surface area contributed by atoms with Crippen LogP contribution in [-0.2, 0) is 17.9 Å². The van der Waals surface area contributed by atoms with Gasteiger partial charge in [-0.1, -0.05) is 13.3 Å². The highest BCUT2D eigenvalue weighted by Gasteiger charge is 2.04. The average Bonchev–Trinajstić information content (AvgIpc) is 2.48. The van der Waals surface area contributed by atoms with Crippen LogP contribution in [0.5, 0.6) is 0 Å². The van der Waals surface area contributed by atoms with Crippen molar-refractivity contribution in [3.8, 4) is 0 Å². The Kier molecular flexibility index (Phi) is 3.49. The first-order valence-electron chi connectivity index (χ1n) is 4.55. The largest absolute Gasteiger partial charge is 0.366 e. The number of nitrogens with two attached hydrogens (primary N) is 1. The molecule has 0 atom stereocenters. The minimum atomic E-state index is -0.307. The van der Waals surface area contributed by atoms with E-state index in [0.29, 0.717) is 0 Å². The number of unbranched alkanes of at least 4 members (excludes halogenated alkanes) is 1. The molecule has 1 aromatic heterocycles. The maximum atomic E-state index is 10.6. The normalized spacial score (nSPS) is 10.2. The lowest BCUT2D eigenvalue weighted by Crippen LogP contribution is -2.38. The fourth-order valence-electron chi connectivity index (χ4n) is 1.19. The van der Waals surface area contributed by atoms with Gasteiger partial charge in [0.15, 0.2) is 6.54 Å². The van der Waals surface area contributed by atoms with E-state index in [1.807, 2.05) is 18.7 Å². The second-order valence-corrected chi connectivity index (χ2v) is 3.14. The van der Waals surface area contributed by atoms with Crippen LogP contribution in [0.15, 0.2) is 18.7 Å². The Morgan fingerprint density at radius 3 is 3.00 bits per heavy atom. The highest BCUT2D eigenvalue weighted by Crippen LogP contribution is 1.92. The molecule has 0 saturated carbocycles. The van der Waals surface area contributed by atoms with Crippen molar-refractivity contribution in [1.82, 2.24) is 4.57 Å². The Labute approximate surface area is 78.0 Å². The fraction of sp³-hybridized carbons (Fsp3) is 0.556. The summed E-state index contributed by atoms with van der Waals surface area (Å²) < 4.78 is 3.85. The van der Waals surface area contributed by atoms with E-state index < -0.39 is 0 Å². The SMILES string of the molecule is CCCCn1cc[n+](CC(N)=O)c1. The first-order chi connectivity index (χ1) is 6.22. The van der Waals surface area contributed by atoms with E-state index in [9.17, 15) is 4.79 Å². The summed E-state index contributed by atoms with van der Waals surface area (Å²) >= 11 is 0. The Bertz CT molecular complexity index is 280. The van der Waals surface area contributed by atoms with Gasteiger partial charge in [0, 0.05) is 0 Å². The Morgan fingerprint density at radius 2 is 2.38 bits per heavy atom. The third kappa shape index (κ3) is 3.27. The third-order valence-corrected chi connectivity index (χ3v) is 1.85. The Balaban J connectivity index is 2.48. The van der Waals surface area contributed by atoms with Crippen LogP contribution in [0.25, 0.3) is 0 Å². The molecule has 2 N–H and O–H groups in total. The molecular weight excluding hydrogens is 166 g/mol. The number of aromatic nitrogens is 2. The van der Waals surface area contributed by atoms with Crippen LogP contribution in [0.1, 0.15) is 19.8 Å². The molecule has 0 aliphatic rings. The molecule has 0 unspecified atom stereocenters. The fourth-order valence-corrected chi connectivity index (χ4v) is 1.19. The van der Waals surface area contributed by atoms with Crippen LogP contribution in [0.2, 0.25) is 0 Å². The number of hydrogen-bond acceptors (Lipinski definition) is 1. The lowest BCUT2D eigenvalue weighted by atomic mass is 10.3. The number of aryl methyl sites for hydroxylation is 1. The molecule has 1 amide bonds. The second kappa shape index (κ2) is 4.64. The molecule has 4 nitrogen and oxygen atoms in total. The molecule has 1 heterocycles. The summed E-state index contributed by atoms with van der Waals surface area (Å²) in [5, 5.41) is 0. The number of nitrogens with zero attached hydrogens (tertiary/aromatic N) is 2. The molecule has 1 aromatic rings. The quantitative estimate of drug-likeness (QED) is 0.643. The van der Waals surface area contributed by atoms with Crippen LogP contribution in [0.4, 0.5) is 0 Å². The van der Waals surface area contributed by atoms with Gasteiger partial charge in [0.1, 0.15) is 12.4 Å². The summed E-state index contributed by atoms with van der Waals surface area (Å²) in [6.07, 6.45) is 8.05. The van der Waals surface area contributed by atoms with Crippen molar-refractivity contribution in [2.45, 2.75) is 32.9 Å². The predicted molar refractivity (Wildman–Crippen MR) is 48.7 cm³/mol. The van der Waals surface area contributed by atoms with Gasteiger partial charge in [0.25, 0.3) is 5.91 Å². The van der Waals surface area contributed by atoms with E-state index in [2.05, 4.69) is 11.5 Å². The smallest absolute Gasteiger partial charge is 0.259 e. The van der Waals surface area contributed by atoms with Crippen molar-refractivity contribution in [3.63, 3.8) is 0 Å². The van der Waals surface area contributed by atoms with Gasteiger partial charge in [-0.3, -0.25) is 4.79 Å². The summed E-state index contributed by atoms with van der Waals surface area (Å²) in [7, 11) is 0. The van der Waals surface area contributed by atoms with Crippen molar-refractivity contribution < 1.29 is 9.36 Å². The van der Waals surface area contributed by atoms with E-state index in [4.69, 9.17) is 5.73 Å². The Morgan fingerprint density at radius 1 is 1.62 bits per heavy atom. The molecule has 13 heavy (non-hydrogen) atoms. The van der Waals surface area contributed by atoms with Crippen molar-refractivity contribution in [1.29, 1.82) is 0 Å². The van der Waals surface area contributed by atoms with Crippen LogP contribution in [0, 0.1) is 0 Å². The minimum absolute atomic E-state index is 0.263. The van der Waals surface area contributed by atoms with Gasteiger partial charge in [-0.15, -0.1) is 0 Å². The van der Waals surface area contributed by atoms with E-state index in [1.54, 1.807) is 4.57 Å².